The number of ether oxygens (including phenoxy) is 1. The first-order chi connectivity index (χ1) is 12.8. The molecule has 7 heteroatoms. The van der Waals surface area contributed by atoms with Crippen molar-refractivity contribution in [1.82, 2.24) is 16.2 Å². The number of carbonyl (C=O) groups excluding carboxylic acids is 2. The molecule has 3 rings (SSSR count). The summed E-state index contributed by atoms with van der Waals surface area (Å²) in [5.41, 5.74) is 7.52. The zero-order valence-electron chi connectivity index (χ0n) is 16.3. The lowest BCUT2D eigenvalue weighted by Gasteiger charge is -2.33. The molecule has 3 unspecified atom stereocenters. The first-order valence-corrected chi connectivity index (χ1v) is 9.67. The largest absolute Gasteiger partial charge is 0.444 e. The van der Waals surface area contributed by atoms with E-state index < -0.39 is 11.7 Å². The third-order valence-corrected chi connectivity index (χ3v) is 4.97. The minimum Gasteiger partial charge on any atom is -0.444 e. The van der Waals surface area contributed by atoms with E-state index in [9.17, 15) is 9.59 Å². The van der Waals surface area contributed by atoms with Crippen molar-refractivity contribution in [3.05, 3.63) is 29.8 Å². The Morgan fingerprint density at radius 3 is 2.63 bits per heavy atom. The van der Waals surface area contributed by atoms with E-state index in [1.165, 1.54) is 6.42 Å². The average molecular weight is 374 g/mol. The maximum absolute atomic E-state index is 12.4. The second kappa shape index (κ2) is 8.27. The van der Waals surface area contributed by atoms with E-state index in [-0.39, 0.29) is 11.9 Å². The van der Waals surface area contributed by atoms with Crippen molar-refractivity contribution in [3.8, 4) is 0 Å². The van der Waals surface area contributed by atoms with Crippen LogP contribution in [0.1, 0.15) is 45.6 Å². The summed E-state index contributed by atoms with van der Waals surface area (Å²) >= 11 is 0. The highest BCUT2D eigenvalue weighted by Crippen LogP contribution is 2.26. The van der Waals surface area contributed by atoms with Crippen LogP contribution >= 0.6 is 0 Å². The smallest absolute Gasteiger partial charge is 0.412 e. The molecule has 27 heavy (non-hydrogen) atoms. The van der Waals surface area contributed by atoms with Gasteiger partial charge in [0.25, 0.3) is 0 Å². The molecule has 2 aliphatic rings. The maximum atomic E-state index is 12.4. The zero-order chi connectivity index (χ0) is 19.4. The van der Waals surface area contributed by atoms with Crippen molar-refractivity contribution in [2.45, 2.75) is 64.1 Å². The molecule has 3 atom stereocenters. The van der Waals surface area contributed by atoms with Gasteiger partial charge in [-0.1, -0.05) is 18.6 Å². The van der Waals surface area contributed by atoms with Crippen molar-refractivity contribution in [2.75, 3.05) is 11.9 Å². The van der Waals surface area contributed by atoms with Crippen LogP contribution in [0, 0.1) is 5.92 Å². The van der Waals surface area contributed by atoms with Crippen molar-refractivity contribution in [1.29, 1.82) is 0 Å². The van der Waals surface area contributed by atoms with E-state index in [0.717, 1.165) is 24.9 Å². The topological polar surface area (TPSA) is 91.5 Å². The fourth-order valence-corrected chi connectivity index (χ4v) is 3.78. The SMILES string of the molecule is CC(C)(C)OC(=O)Nc1ccc(CC(=O)NC2CCCC3CNNC32)cc1. The first-order valence-electron chi connectivity index (χ1n) is 9.67. The number of hydrazine groups is 1. The number of hydrogen-bond acceptors (Lipinski definition) is 5. The van der Waals surface area contributed by atoms with Gasteiger partial charge in [-0.3, -0.25) is 21.0 Å². The Morgan fingerprint density at radius 1 is 1.19 bits per heavy atom. The molecular formula is C20H30N4O3. The molecule has 0 bridgehead atoms. The van der Waals surface area contributed by atoms with Gasteiger partial charge in [-0.15, -0.1) is 0 Å². The highest BCUT2D eigenvalue weighted by Gasteiger charge is 2.37. The molecule has 148 valence electrons. The first kappa shape index (κ1) is 19.6. The number of anilines is 1. The Kier molecular flexibility index (Phi) is 6.01. The molecule has 1 saturated carbocycles. The third kappa shape index (κ3) is 5.68. The molecule has 0 spiro atoms. The van der Waals surface area contributed by atoms with E-state index in [4.69, 9.17) is 4.74 Å². The van der Waals surface area contributed by atoms with Crippen molar-refractivity contribution in [3.63, 3.8) is 0 Å². The van der Waals surface area contributed by atoms with Crippen LogP contribution in [0.5, 0.6) is 0 Å². The van der Waals surface area contributed by atoms with Crippen LogP contribution in [-0.4, -0.2) is 36.2 Å². The number of fused-ring (bicyclic) bond motifs is 1. The number of amides is 2. The standard InChI is InChI=1S/C20H30N4O3/c1-20(2,3)27-19(26)22-15-9-7-13(8-10-15)11-17(25)23-16-6-4-5-14-12-21-24-18(14)16/h7-10,14,16,18,21,24H,4-6,11-12H2,1-3H3,(H,22,26)(H,23,25). The maximum Gasteiger partial charge on any atom is 0.412 e. The van der Waals surface area contributed by atoms with Gasteiger partial charge in [0.15, 0.2) is 0 Å². The van der Waals surface area contributed by atoms with Gasteiger partial charge in [0, 0.05) is 24.3 Å². The van der Waals surface area contributed by atoms with Gasteiger partial charge in [0.05, 0.1) is 6.42 Å². The highest BCUT2D eigenvalue weighted by molar-refractivity contribution is 5.85. The molecule has 1 saturated heterocycles. The summed E-state index contributed by atoms with van der Waals surface area (Å²) in [7, 11) is 0. The van der Waals surface area contributed by atoms with Crippen LogP contribution in [0.4, 0.5) is 10.5 Å². The summed E-state index contributed by atoms with van der Waals surface area (Å²) < 4.78 is 5.23. The van der Waals surface area contributed by atoms with Crippen molar-refractivity contribution in [2.24, 2.45) is 5.92 Å². The van der Waals surface area contributed by atoms with Crippen LogP contribution < -0.4 is 21.5 Å². The Labute approximate surface area is 160 Å². The van der Waals surface area contributed by atoms with Gasteiger partial charge in [0.2, 0.25) is 5.91 Å². The number of carbonyl (C=O) groups is 2. The molecule has 1 aromatic rings. The summed E-state index contributed by atoms with van der Waals surface area (Å²) in [6.07, 6.45) is 3.22. The van der Waals surface area contributed by atoms with Gasteiger partial charge in [0.1, 0.15) is 5.60 Å². The monoisotopic (exact) mass is 374 g/mol. The van der Waals surface area contributed by atoms with Crippen LogP contribution in [-0.2, 0) is 16.0 Å². The number of nitrogens with one attached hydrogen (secondary N) is 4. The van der Waals surface area contributed by atoms with Gasteiger partial charge in [-0.05, 0) is 57.2 Å². The molecule has 7 nitrogen and oxygen atoms in total. The van der Waals surface area contributed by atoms with Gasteiger partial charge >= 0.3 is 6.09 Å². The predicted molar refractivity (Wildman–Crippen MR) is 104 cm³/mol. The molecule has 0 radical (unpaired) electrons. The fourth-order valence-electron chi connectivity index (χ4n) is 3.78. The molecular weight excluding hydrogens is 344 g/mol. The quantitative estimate of drug-likeness (QED) is 0.649. The predicted octanol–water partition coefficient (Wildman–Crippen LogP) is 2.34. The lowest BCUT2D eigenvalue weighted by atomic mass is 9.82. The molecule has 2 fully saturated rings. The number of benzene rings is 1. The fraction of sp³-hybridized carbons (Fsp3) is 0.600. The lowest BCUT2D eigenvalue weighted by molar-refractivity contribution is -0.121. The van der Waals surface area contributed by atoms with E-state index in [1.807, 2.05) is 32.9 Å². The van der Waals surface area contributed by atoms with Gasteiger partial charge in [-0.25, -0.2) is 4.79 Å². The summed E-state index contributed by atoms with van der Waals surface area (Å²) in [5.74, 6) is 0.629. The lowest BCUT2D eigenvalue weighted by Crippen LogP contribution is -2.53. The van der Waals surface area contributed by atoms with Crippen LogP contribution in [0.3, 0.4) is 0 Å². The number of rotatable bonds is 4. The molecule has 0 aromatic heterocycles. The van der Waals surface area contributed by atoms with E-state index in [1.54, 1.807) is 12.1 Å². The minimum absolute atomic E-state index is 0.0298. The molecule has 1 aromatic carbocycles. The molecule has 4 N–H and O–H groups in total. The van der Waals surface area contributed by atoms with Crippen molar-refractivity contribution >= 4 is 17.7 Å². The molecule has 1 aliphatic carbocycles. The second-order valence-electron chi connectivity index (χ2n) is 8.42. The van der Waals surface area contributed by atoms with Crippen LogP contribution in [0.15, 0.2) is 24.3 Å². The summed E-state index contributed by atoms with van der Waals surface area (Å²) in [4.78, 5) is 24.2. The van der Waals surface area contributed by atoms with Crippen LogP contribution in [0.25, 0.3) is 0 Å². The van der Waals surface area contributed by atoms with E-state index >= 15 is 0 Å². The highest BCUT2D eigenvalue weighted by atomic mass is 16.6. The van der Waals surface area contributed by atoms with Crippen LogP contribution in [0.2, 0.25) is 0 Å². The Hall–Kier alpha value is -2.12. The van der Waals surface area contributed by atoms with E-state index in [2.05, 4.69) is 21.5 Å². The molecule has 1 heterocycles. The summed E-state index contributed by atoms with van der Waals surface area (Å²) in [5, 5.41) is 5.87. The Bertz CT molecular complexity index is 669. The average Bonchev–Trinajstić information content (AvgIpc) is 3.04. The van der Waals surface area contributed by atoms with E-state index in [0.29, 0.717) is 24.1 Å². The second-order valence-corrected chi connectivity index (χ2v) is 8.42. The third-order valence-electron chi connectivity index (χ3n) is 4.97. The summed E-state index contributed by atoms with van der Waals surface area (Å²) in [6.45, 7) is 6.43. The molecule has 1 aliphatic heterocycles. The van der Waals surface area contributed by atoms with Crippen molar-refractivity contribution < 1.29 is 14.3 Å². The Morgan fingerprint density at radius 2 is 1.93 bits per heavy atom. The molecule has 2 amide bonds. The van der Waals surface area contributed by atoms with Gasteiger partial charge < -0.3 is 10.1 Å². The summed E-state index contributed by atoms with van der Waals surface area (Å²) in [6, 6.07) is 7.77. The Balaban J connectivity index is 1.49. The number of hydrogen-bond donors (Lipinski definition) is 4. The normalized spacial score (nSPS) is 24.8. The minimum atomic E-state index is -0.538. The zero-order valence-corrected chi connectivity index (χ0v) is 16.3. The van der Waals surface area contributed by atoms with Gasteiger partial charge in [-0.2, -0.15) is 0 Å².